The van der Waals surface area contributed by atoms with Crippen LogP contribution in [0, 0.1) is 5.41 Å². The number of urea groups is 1. The topological polar surface area (TPSA) is 132 Å². The fraction of sp³-hybridized carbons (Fsp3) is 0.435. The highest BCUT2D eigenvalue weighted by atomic mass is 16.5. The number of imide groups is 2. The summed E-state index contributed by atoms with van der Waals surface area (Å²) in [6.07, 6.45) is 1.17. The van der Waals surface area contributed by atoms with Gasteiger partial charge >= 0.3 is 12.0 Å². The maximum atomic E-state index is 13.3. The van der Waals surface area contributed by atoms with Gasteiger partial charge in [-0.1, -0.05) is 6.07 Å². The standard InChI is InChI=1S/C23H25N5O6/c1-11-10-28-16-6-5-13(15-9-24-22(33-4)25-18(15)32-3)7-14(16)8-23(17(28)12(2)34-11)19(29)26-21(31)27-20(23)30/h5-7,9,11-12,17H,8,10H2,1-4H3,(H2,26,27,29,30,31)/t11-,12+,17-/m1/s1. The number of nitrogens with one attached hydrogen (secondary N) is 2. The molecule has 2 N–H and O–H groups in total. The Bertz CT molecular complexity index is 1180. The lowest BCUT2D eigenvalue weighted by atomic mass is 9.66. The summed E-state index contributed by atoms with van der Waals surface area (Å²) in [5.74, 6) is -0.909. The van der Waals surface area contributed by atoms with Gasteiger partial charge in [-0.15, -0.1) is 0 Å². The van der Waals surface area contributed by atoms with Crippen molar-refractivity contribution in [2.75, 3.05) is 25.7 Å². The maximum Gasteiger partial charge on any atom is 0.328 e. The quantitative estimate of drug-likeness (QED) is 0.636. The Labute approximate surface area is 195 Å². The van der Waals surface area contributed by atoms with Gasteiger partial charge in [0.15, 0.2) is 5.41 Å². The zero-order valence-corrected chi connectivity index (χ0v) is 19.2. The molecule has 0 unspecified atom stereocenters. The van der Waals surface area contributed by atoms with Crippen molar-refractivity contribution in [3.05, 3.63) is 30.0 Å². The number of morpholine rings is 1. The van der Waals surface area contributed by atoms with Crippen LogP contribution in [0.1, 0.15) is 19.4 Å². The van der Waals surface area contributed by atoms with Crippen LogP contribution in [-0.4, -0.2) is 66.8 Å². The normalized spacial score (nSPS) is 25.2. The van der Waals surface area contributed by atoms with Crippen molar-refractivity contribution >= 4 is 23.5 Å². The average molecular weight is 467 g/mol. The van der Waals surface area contributed by atoms with Gasteiger partial charge in [-0.2, -0.15) is 4.98 Å². The molecule has 0 aliphatic carbocycles. The summed E-state index contributed by atoms with van der Waals surface area (Å²) >= 11 is 0. The van der Waals surface area contributed by atoms with Crippen LogP contribution in [0.4, 0.5) is 10.5 Å². The number of barbiturate groups is 1. The van der Waals surface area contributed by atoms with E-state index in [0.717, 1.165) is 16.8 Å². The first-order chi connectivity index (χ1) is 16.3. The van der Waals surface area contributed by atoms with Crippen molar-refractivity contribution in [3.63, 3.8) is 0 Å². The molecule has 0 saturated carbocycles. The number of hydrogen-bond acceptors (Lipinski definition) is 9. The van der Waals surface area contributed by atoms with E-state index in [1.54, 1.807) is 6.20 Å². The molecule has 11 nitrogen and oxygen atoms in total. The highest BCUT2D eigenvalue weighted by Crippen LogP contribution is 2.47. The van der Waals surface area contributed by atoms with Crippen molar-refractivity contribution in [2.45, 2.75) is 38.5 Å². The van der Waals surface area contributed by atoms with Gasteiger partial charge in [-0.25, -0.2) is 9.78 Å². The number of nitrogens with zero attached hydrogens (tertiary/aromatic N) is 3. The van der Waals surface area contributed by atoms with Crippen molar-refractivity contribution in [2.24, 2.45) is 5.41 Å². The van der Waals surface area contributed by atoms with E-state index in [1.807, 2.05) is 32.0 Å². The van der Waals surface area contributed by atoms with E-state index >= 15 is 0 Å². The fourth-order valence-corrected chi connectivity index (χ4v) is 5.42. The summed E-state index contributed by atoms with van der Waals surface area (Å²) in [5.41, 5.74) is 1.56. The van der Waals surface area contributed by atoms with Crippen LogP contribution in [0.15, 0.2) is 24.4 Å². The molecular formula is C23H25N5O6. The molecule has 5 rings (SSSR count). The minimum atomic E-state index is -1.53. The number of carbonyl (C=O) groups excluding carboxylic acids is 3. The van der Waals surface area contributed by atoms with E-state index in [4.69, 9.17) is 14.2 Å². The number of rotatable bonds is 3. The first-order valence-corrected chi connectivity index (χ1v) is 11.0. The van der Waals surface area contributed by atoms with Crippen molar-refractivity contribution in [1.82, 2.24) is 20.6 Å². The molecular weight excluding hydrogens is 442 g/mol. The summed E-state index contributed by atoms with van der Waals surface area (Å²) < 4.78 is 16.6. The molecule has 1 spiro atoms. The minimum absolute atomic E-state index is 0.101. The van der Waals surface area contributed by atoms with Crippen LogP contribution < -0.4 is 25.0 Å². The molecule has 4 amide bonds. The number of aromatic nitrogens is 2. The third kappa shape index (κ3) is 3.18. The van der Waals surface area contributed by atoms with E-state index in [9.17, 15) is 14.4 Å². The predicted molar refractivity (Wildman–Crippen MR) is 120 cm³/mol. The van der Waals surface area contributed by atoms with E-state index in [-0.39, 0.29) is 18.5 Å². The van der Waals surface area contributed by atoms with Crippen molar-refractivity contribution in [1.29, 1.82) is 0 Å². The average Bonchev–Trinajstić information content (AvgIpc) is 2.81. The number of ether oxygens (including phenoxy) is 3. The number of fused-ring (bicyclic) bond motifs is 4. The first kappa shape index (κ1) is 22.1. The Kier molecular flexibility index (Phi) is 5.16. The maximum absolute atomic E-state index is 13.3. The van der Waals surface area contributed by atoms with E-state index < -0.39 is 35.4 Å². The first-order valence-electron chi connectivity index (χ1n) is 11.0. The molecule has 0 radical (unpaired) electrons. The molecule has 34 heavy (non-hydrogen) atoms. The number of methoxy groups -OCH3 is 2. The summed E-state index contributed by atoms with van der Waals surface area (Å²) in [7, 11) is 2.98. The Balaban J connectivity index is 1.66. The molecule has 1 aromatic carbocycles. The highest BCUT2D eigenvalue weighted by molar-refractivity contribution is 6.20. The molecule has 4 heterocycles. The lowest BCUT2D eigenvalue weighted by Crippen LogP contribution is -2.75. The van der Waals surface area contributed by atoms with Gasteiger partial charge in [0.1, 0.15) is 0 Å². The third-order valence-corrected chi connectivity index (χ3v) is 6.73. The number of anilines is 1. The molecule has 3 aliphatic heterocycles. The molecule has 3 atom stereocenters. The molecule has 2 fully saturated rings. The van der Waals surface area contributed by atoms with Crippen LogP contribution in [0.25, 0.3) is 11.1 Å². The third-order valence-electron chi connectivity index (χ3n) is 6.73. The van der Waals surface area contributed by atoms with E-state index in [1.165, 1.54) is 14.2 Å². The summed E-state index contributed by atoms with van der Waals surface area (Å²) in [6.45, 7) is 4.30. The second kappa shape index (κ2) is 7.94. The zero-order chi connectivity index (χ0) is 24.2. The minimum Gasteiger partial charge on any atom is -0.480 e. The number of amides is 4. The fourth-order valence-electron chi connectivity index (χ4n) is 5.42. The Hall–Kier alpha value is -3.73. The predicted octanol–water partition coefficient (Wildman–Crippen LogP) is 1.05. The summed E-state index contributed by atoms with van der Waals surface area (Å²) in [4.78, 5) is 48.9. The highest BCUT2D eigenvalue weighted by Gasteiger charge is 2.62. The van der Waals surface area contributed by atoms with Crippen LogP contribution >= 0.6 is 0 Å². The van der Waals surface area contributed by atoms with Gasteiger partial charge in [0.05, 0.1) is 38.0 Å². The molecule has 2 saturated heterocycles. The number of benzene rings is 1. The smallest absolute Gasteiger partial charge is 0.328 e. The largest absolute Gasteiger partial charge is 0.480 e. The monoisotopic (exact) mass is 467 g/mol. The van der Waals surface area contributed by atoms with E-state index in [2.05, 4.69) is 25.5 Å². The van der Waals surface area contributed by atoms with Crippen molar-refractivity contribution < 1.29 is 28.6 Å². The van der Waals surface area contributed by atoms with Gasteiger partial charge in [0, 0.05) is 18.4 Å². The summed E-state index contributed by atoms with van der Waals surface area (Å²) in [5, 5.41) is 4.59. The van der Waals surface area contributed by atoms with Crippen LogP contribution in [0.3, 0.4) is 0 Å². The Morgan fingerprint density at radius 2 is 1.85 bits per heavy atom. The lowest BCUT2D eigenvalue weighted by Gasteiger charge is -2.55. The van der Waals surface area contributed by atoms with Gasteiger partial charge < -0.3 is 19.1 Å². The molecule has 11 heteroatoms. The molecule has 0 bridgehead atoms. The van der Waals surface area contributed by atoms with Gasteiger partial charge in [-0.05, 0) is 43.5 Å². The Morgan fingerprint density at radius 1 is 1.12 bits per heavy atom. The molecule has 178 valence electrons. The van der Waals surface area contributed by atoms with Crippen molar-refractivity contribution in [3.8, 4) is 23.0 Å². The number of hydrogen-bond donors (Lipinski definition) is 2. The van der Waals surface area contributed by atoms with Gasteiger partial charge in [0.2, 0.25) is 17.7 Å². The number of carbonyl (C=O) groups is 3. The summed E-state index contributed by atoms with van der Waals surface area (Å²) in [6, 6.07) is 4.58. The molecule has 3 aliphatic rings. The molecule has 1 aromatic heterocycles. The Morgan fingerprint density at radius 3 is 2.53 bits per heavy atom. The second-order valence-electron chi connectivity index (χ2n) is 8.76. The lowest BCUT2D eigenvalue weighted by molar-refractivity contribution is -0.153. The van der Waals surface area contributed by atoms with E-state index in [0.29, 0.717) is 18.0 Å². The second-order valence-corrected chi connectivity index (χ2v) is 8.76. The van der Waals surface area contributed by atoms with Gasteiger partial charge in [-0.3, -0.25) is 20.2 Å². The molecule has 2 aromatic rings. The van der Waals surface area contributed by atoms with Gasteiger partial charge in [0.25, 0.3) is 0 Å². The SMILES string of the molecule is COc1ncc(-c2ccc3c(c2)CC2(C(=O)NC(=O)NC2=O)[C@H]2[C@H](C)O[C@H](C)CN32)c(OC)n1. The zero-order valence-electron chi connectivity index (χ0n) is 19.2. The van der Waals surface area contributed by atoms with Crippen LogP contribution in [0.5, 0.6) is 11.9 Å². The van der Waals surface area contributed by atoms with Crippen LogP contribution in [-0.2, 0) is 20.7 Å². The van der Waals surface area contributed by atoms with Crippen LogP contribution in [0.2, 0.25) is 0 Å².